The van der Waals surface area contributed by atoms with Crippen molar-refractivity contribution < 1.29 is 22.6 Å². The van der Waals surface area contributed by atoms with Crippen molar-refractivity contribution in [3.8, 4) is 0 Å². The van der Waals surface area contributed by atoms with E-state index in [0.717, 1.165) is 19.3 Å². The smallest absolute Gasteiger partial charge is 0.290 e. The molecule has 8 heteroatoms. The van der Waals surface area contributed by atoms with E-state index in [4.69, 9.17) is 0 Å². The maximum absolute atomic E-state index is 12.7. The third-order valence-corrected chi connectivity index (χ3v) is 6.59. The molecule has 1 N–H and O–H groups in total. The number of nitrogens with zero attached hydrogens (tertiary/aromatic N) is 2. The lowest BCUT2D eigenvalue weighted by Gasteiger charge is -2.25. The number of sulfonamides is 1. The molecule has 1 aliphatic rings. The topological polar surface area (TPSA) is 87.4 Å². The number of pyridine rings is 1. The SMILES string of the molecule is CC(=O)c1ccc[n+](CC(=O)Nc2ccc(S(=O)(=O)N3CCCCC3)cc2)c1. The van der Waals surface area contributed by atoms with E-state index in [1.54, 1.807) is 41.2 Å². The summed E-state index contributed by atoms with van der Waals surface area (Å²) in [6, 6.07) is 9.62. The third-order valence-electron chi connectivity index (χ3n) is 4.68. The summed E-state index contributed by atoms with van der Waals surface area (Å²) in [5, 5.41) is 2.74. The van der Waals surface area contributed by atoms with E-state index in [0.29, 0.717) is 24.3 Å². The minimum Gasteiger partial charge on any atom is -0.321 e. The number of rotatable bonds is 6. The van der Waals surface area contributed by atoms with Gasteiger partial charge in [-0.25, -0.2) is 8.42 Å². The molecule has 0 spiro atoms. The number of hydrogen-bond acceptors (Lipinski definition) is 4. The first kappa shape index (κ1) is 20.2. The van der Waals surface area contributed by atoms with Gasteiger partial charge >= 0.3 is 0 Å². The van der Waals surface area contributed by atoms with Crippen LogP contribution in [0, 0.1) is 0 Å². The number of ketones is 1. The second kappa shape index (κ2) is 8.62. The van der Waals surface area contributed by atoms with Gasteiger partial charge in [0.25, 0.3) is 5.91 Å². The van der Waals surface area contributed by atoms with Crippen molar-refractivity contribution in [3.05, 3.63) is 54.4 Å². The van der Waals surface area contributed by atoms with Gasteiger partial charge in [0.15, 0.2) is 18.2 Å². The number of carbonyl (C=O) groups is 2. The van der Waals surface area contributed by atoms with Gasteiger partial charge in [-0.3, -0.25) is 9.59 Å². The van der Waals surface area contributed by atoms with E-state index in [9.17, 15) is 18.0 Å². The summed E-state index contributed by atoms with van der Waals surface area (Å²) >= 11 is 0. The summed E-state index contributed by atoms with van der Waals surface area (Å²) < 4.78 is 28.5. The molecular formula is C20H24N3O4S+. The second-order valence-electron chi connectivity index (χ2n) is 6.86. The van der Waals surface area contributed by atoms with Gasteiger partial charge in [-0.2, -0.15) is 8.87 Å². The average Bonchev–Trinajstić information content (AvgIpc) is 2.69. The Balaban J connectivity index is 1.64. The number of anilines is 1. The molecule has 0 bridgehead atoms. The summed E-state index contributed by atoms with van der Waals surface area (Å²) in [4.78, 5) is 23.9. The monoisotopic (exact) mass is 402 g/mol. The van der Waals surface area contributed by atoms with Gasteiger partial charge in [0.1, 0.15) is 0 Å². The van der Waals surface area contributed by atoms with E-state index in [-0.39, 0.29) is 23.1 Å². The van der Waals surface area contributed by atoms with Crippen LogP contribution in [0.4, 0.5) is 5.69 Å². The maximum atomic E-state index is 12.7. The van der Waals surface area contributed by atoms with Crippen molar-refractivity contribution in [1.29, 1.82) is 0 Å². The lowest BCUT2D eigenvalue weighted by molar-refractivity contribution is -0.684. The molecule has 0 atom stereocenters. The number of amides is 1. The fourth-order valence-corrected chi connectivity index (χ4v) is 4.68. The minimum absolute atomic E-state index is 0.0505. The minimum atomic E-state index is -3.48. The highest BCUT2D eigenvalue weighted by molar-refractivity contribution is 7.89. The van der Waals surface area contributed by atoms with Gasteiger partial charge in [-0.05, 0) is 50.1 Å². The standard InChI is InChI=1S/C20H23N3O4S/c1-16(24)17-6-5-11-22(14-17)15-20(25)21-18-7-9-19(10-8-18)28(26,27)23-12-3-2-4-13-23/h5-11,14H,2-4,12-13,15H2,1H3/p+1. The molecule has 7 nitrogen and oxygen atoms in total. The molecule has 1 saturated heterocycles. The van der Waals surface area contributed by atoms with Crippen molar-refractivity contribution in [2.45, 2.75) is 37.6 Å². The number of hydrogen-bond donors (Lipinski definition) is 1. The number of aromatic nitrogens is 1. The molecule has 0 radical (unpaired) electrons. The van der Waals surface area contributed by atoms with E-state index < -0.39 is 10.0 Å². The number of piperidine rings is 1. The van der Waals surface area contributed by atoms with Crippen LogP contribution < -0.4 is 9.88 Å². The molecule has 148 valence electrons. The fourth-order valence-electron chi connectivity index (χ4n) is 3.16. The van der Waals surface area contributed by atoms with Crippen LogP contribution in [-0.4, -0.2) is 37.5 Å². The summed E-state index contributed by atoms with van der Waals surface area (Å²) in [5.74, 6) is -0.336. The van der Waals surface area contributed by atoms with Crippen molar-refractivity contribution in [2.24, 2.45) is 0 Å². The highest BCUT2D eigenvalue weighted by Crippen LogP contribution is 2.21. The van der Waals surface area contributed by atoms with E-state index >= 15 is 0 Å². The van der Waals surface area contributed by atoms with E-state index in [2.05, 4.69) is 5.32 Å². The van der Waals surface area contributed by atoms with Crippen LogP contribution in [0.3, 0.4) is 0 Å². The van der Waals surface area contributed by atoms with Gasteiger partial charge in [-0.15, -0.1) is 0 Å². The molecule has 28 heavy (non-hydrogen) atoms. The zero-order chi connectivity index (χ0) is 20.1. The van der Waals surface area contributed by atoms with Gasteiger partial charge in [0, 0.05) is 24.8 Å². The van der Waals surface area contributed by atoms with Crippen LogP contribution in [0.25, 0.3) is 0 Å². The molecule has 3 rings (SSSR count). The highest BCUT2D eigenvalue weighted by Gasteiger charge is 2.25. The molecule has 1 amide bonds. The summed E-state index contributed by atoms with van der Waals surface area (Å²) in [5.41, 5.74) is 1.05. The Kier molecular flexibility index (Phi) is 6.21. The molecule has 1 aromatic carbocycles. The number of benzene rings is 1. The van der Waals surface area contributed by atoms with Crippen LogP contribution in [0.15, 0.2) is 53.7 Å². The Morgan fingerprint density at radius 3 is 2.39 bits per heavy atom. The molecule has 1 aromatic heterocycles. The largest absolute Gasteiger partial charge is 0.321 e. The maximum Gasteiger partial charge on any atom is 0.290 e. The first-order chi connectivity index (χ1) is 13.4. The van der Waals surface area contributed by atoms with E-state index in [1.807, 2.05) is 0 Å². The van der Waals surface area contributed by atoms with Gasteiger partial charge in [-0.1, -0.05) is 6.42 Å². The van der Waals surface area contributed by atoms with Crippen LogP contribution in [-0.2, 0) is 21.4 Å². The summed E-state index contributed by atoms with van der Waals surface area (Å²) in [6.45, 7) is 2.63. The predicted octanol–water partition coefficient (Wildman–Crippen LogP) is 1.99. The van der Waals surface area contributed by atoms with Crippen LogP contribution in [0.2, 0.25) is 0 Å². The quantitative estimate of drug-likeness (QED) is 0.591. The molecule has 2 heterocycles. The number of nitrogens with one attached hydrogen (secondary N) is 1. The number of Topliss-reactive ketones (excluding diaryl/α,β-unsaturated/α-hetero) is 1. The Bertz CT molecular complexity index is 965. The Morgan fingerprint density at radius 2 is 1.75 bits per heavy atom. The molecule has 1 aliphatic heterocycles. The van der Waals surface area contributed by atoms with Crippen LogP contribution in [0.5, 0.6) is 0 Å². The highest BCUT2D eigenvalue weighted by atomic mass is 32.2. The van der Waals surface area contributed by atoms with Crippen molar-refractivity contribution in [2.75, 3.05) is 18.4 Å². The number of carbonyl (C=O) groups excluding carboxylic acids is 2. The summed E-state index contributed by atoms with van der Waals surface area (Å²) in [6.07, 6.45) is 6.16. The molecule has 0 saturated carbocycles. The van der Waals surface area contributed by atoms with Crippen LogP contribution >= 0.6 is 0 Å². The normalized spacial score (nSPS) is 15.2. The van der Waals surface area contributed by atoms with E-state index in [1.165, 1.54) is 23.4 Å². The second-order valence-corrected chi connectivity index (χ2v) is 8.80. The Labute approximate surface area is 165 Å². The zero-order valence-electron chi connectivity index (χ0n) is 15.8. The first-order valence-corrected chi connectivity index (χ1v) is 10.7. The van der Waals surface area contributed by atoms with Crippen molar-refractivity contribution in [3.63, 3.8) is 0 Å². The van der Waals surface area contributed by atoms with Crippen molar-refractivity contribution >= 4 is 27.4 Å². The Hall–Kier alpha value is -2.58. The first-order valence-electron chi connectivity index (χ1n) is 9.26. The van der Waals surface area contributed by atoms with Gasteiger partial charge in [0.2, 0.25) is 16.6 Å². The molecule has 0 aliphatic carbocycles. The molecule has 1 fully saturated rings. The van der Waals surface area contributed by atoms with Gasteiger partial charge < -0.3 is 5.32 Å². The molecular weight excluding hydrogens is 378 g/mol. The third kappa shape index (κ3) is 4.82. The average molecular weight is 402 g/mol. The van der Waals surface area contributed by atoms with Crippen LogP contribution in [0.1, 0.15) is 36.5 Å². The Morgan fingerprint density at radius 1 is 1.07 bits per heavy atom. The lowest BCUT2D eigenvalue weighted by atomic mass is 10.2. The molecule has 2 aromatic rings. The van der Waals surface area contributed by atoms with Crippen molar-refractivity contribution in [1.82, 2.24) is 4.31 Å². The lowest BCUT2D eigenvalue weighted by Crippen LogP contribution is -2.40. The molecule has 0 unspecified atom stereocenters. The fraction of sp³-hybridized carbons (Fsp3) is 0.350. The van der Waals surface area contributed by atoms with Gasteiger partial charge in [0.05, 0.1) is 10.5 Å². The zero-order valence-corrected chi connectivity index (χ0v) is 16.6. The predicted molar refractivity (Wildman–Crippen MR) is 104 cm³/mol. The summed E-state index contributed by atoms with van der Waals surface area (Å²) in [7, 11) is -3.48.